The summed E-state index contributed by atoms with van der Waals surface area (Å²) in [5.74, 6) is -1.88. The molecule has 2 N–H and O–H groups in total. The Labute approximate surface area is 138 Å². The summed E-state index contributed by atoms with van der Waals surface area (Å²) in [4.78, 5) is 25.3. The number of carbonyl (C=O) groups excluding carboxylic acids is 1. The van der Waals surface area contributed by atoms with Crippen molar-refractivity contribution in [2.75, 3.05) is 18.4 Å². The standard InChI is InChI=1S/C16H20F2N2O4/c1-10(20-8-4-5-11(9-20)15(22)23)14(21)19-12-6-2-3-7-13(12)24-16(17)18/h2-3,6-7,10-11,16H,4-5,8-9H2,1H3,(H,19,21)(H,22,23). The molecule has 2 atom stereocenters. The summed E-state index contributed by atoms with van der Waals surface area (Å²) in [5, 5.41) is 11.7. The van der Waals surface area contributed by atoms with Crippen molar-refractivity contribution in [2.24, 2.45) is 5.92 Å². The maximum Gasteiger partial charge on any atom is 0.387 e. The van der Waals surface area contributed by atoms with Gasteiger partial charge in [0.05, 0.1) is 17.6 Å². The molecule has 24 heavy (non-hydrogen) atoms. The van der Waals surface area contributed by atoms with Crippen LogP contribution in [0, 0.1) is 5.92 Å². The lowest BCUT2D eigenvalue weighted by Gasteiger charge is -2.34. The molecule has 2 unspecified atom stereocenters. The predicted molar refractivity (Wildman–Crippen MR) is 83.1 cm³/mol. The van der Waals surface area contributed by atoms with Crippen molar-refractivity contribution in [2.45, 2.75) is 32.4 Å². The molecule has 1 heterocycles. The Kier molecular flexibility index (Phi) is 6.08. The van der Waals surface area contributed by atoms with E-state index in [0.717, 1.165) is 0 Å². The van der Waals surface area contributed by atoms with Gasteiger partial charge in [-0.1, -0.05) is 12.1 Å². The Balaban J connectivity index is 2.03. The molecular formula is C16H20F2N2O4. The fraction of sp³-hybridized carbons (Fsp3) is 0.500. The van der Waals surface area contributed by atoms with Crippen molar-refractivity contribution in [1.82, 2.24) is 4.90 Å². The van der Waals surface area contributed by atoms with Gasteiger partial charge in [0.2, 0.25) is 5.91 Å². The van der Waals surface area contributed by atoms with Crippen LogP contribution in [-0.4, -0.2) is 47.6 Å². The summed E-state index contributed by atoms with van der Waals surface area (Å²) in [6.45, 7) is -0.415. The fourth-order valence-electron chi connectivity index (χ4n) is 2.73. The number of likely N-dealkylation sites (tertiary alicyclic amines) is 1. The number of nitrogens with zero attached hydrogens (tertiary/aromatic N) is 1. The van der Waals surface area contributed by atoms with Crippen LogP contribution < -0.4 is 10.1 Å². The third kappa shape index (κ3) is 4.64. The van der Waals surface area contributed by atoms with Crippen LogP contribution in [0.1, 0.15) is 19.8 Å². The summed E-state index contributed by atoms with van der Waals surface area (Å²) in [7, 11) is 0. The molecule has 1 amide bonds. The van der Waals surface area contributed by atoms with E-state index in [4.69, 9.17) is 5.11 Å². The molecule has 0 radical (unpaired) electrons. The molecule has 8 heteroatoms. The number of alkyl halides is 2. The second-order valence-electron chi connectivity index (χ2n) is 5.71. The molecule has 1 aromatic rings. The summed E-state index contributed by atoms with van der Waals surface area (Å²) >= 11 is 0. The summed E-state index contributed by atoms with van der Waals surface area (Å²) in [6.07, 6.45) is 1.28. The first-order valence-corrected chi connectivity index (χ1v) is 7.70. The lowest BCUT2D eigenvalue weighted by atomic mass is 9.97. The van der Waals surface area contributed by atoms with E-state index in [1.165, 1.54) is 18.2 Å². The molecule has 6 nitrogen and oxygen atoms in total. The highest BCUT2D eigenvalue weighted by atomic mass is 19.3. The van der Waals surface area contributed by atoms with Gasteiger partial charge in [-0.2, -0.15) is 8.78 Å². The van der Waals surface area contributed by atoms with Crippen LogP contribution in [0.5, 0.6) is 5.75 Å². The van der Waals surface area contributed by atoms with Crippen molar-refractivity contribution < 1.29 is 28.2 Å². The van der Waals surface area contributed by atoms with Crippen LogP contribution in [0.25, 0.3) is 0 Å². The van der Waals surface area contributed by atoms with E-state index < -0.39 is 30.4 Å². The number of anilines is 1. The maximum absolute atomic E-state index is 12.4. The highest BCUT2D eigenvalue weighted by Crippen LogP contribution is 2.26. The number of rotatable bonds is 6. The summed E-state index contributed by atoms with van der Waals surface area (Å²) in [6, 6.07) is 5.36. The number of nitrogens with one attached hydrogen (secondary N) is 1. The molecule has 1 aliphatic rings. The van der Waals surface area contributed by atoms with E-state index >= 15 is 0 Å². The number of amides is 1. The number of aliphatic carboxylic acids is 1. The highest BCUT2D eigenvalue weighted by molar-refractivity contribution is 5.95. The molecule has 0 saturated carbocycles. The largest absolute Gasteiger partial charge is 0.481 e. The Morgan fingerprint density at radius 2 is 2.08 bits per heavy atom. The van der Waals surface area contributed by atoms with Gasteiger partial charge >= 0.3 is 12.6 Å². The molecular weight excluding hydrogens is 322 g/mol. The van der Waals surface area contributed by atoms with E-state index in [1.807, 2.05) is 0 Å². The van der Waals surface area contributed by atoms with Crippen LogP contribution in [0.15, 0.2) is 24.3 Å². The minimum atomic E-state index is -2.99. The normalized spacial score (nSPS) is 19.8. The van der Waals surface area contributed by atoms with Crippen LogP contribution in [-0.2, 0) is 9.59 Å². The molecule has 1 fully saturated rings. The highest BCUT2D eigenvalue weighted by Gasteiger charge is 2.31. The number of carboxylic acids is 1. The molecule has 1 aliphatic heterocycles. The average molecular weight is 342 g/mol. The number of carboxylic acid groups (broad SMARTS) is 1. The lowest BCUT2D eigenvalue weighted by molar-refractivity contribution is -0.144. The maximum atomic E-state index is 12.4. The number of carbonyl (C=O) groups is 2. The number of hydrogen-bond donors (Lipinski definition) is 2. The van der Waals surface area contributed by atoms with Crippen LogP contribution in [0.3, 0.4) is 0 Å². The third-order valence-electron chi connectivity index (χ3n) is 4.09. The van der Waals surface area contributed by atoms with Gasteiger partial charge in [0.1, 0.15) is 5.75 Å². The first-order chi connectivity index (χ1) is 11.4. The zero-order chi connectivity index (χ0) is 17.7. The van der Waals surface area contributed by atoms with Gasteiger partial charge in [-0.05, 0) is 38.4 Å². The quantitative estimate of drug-likeness (QED) is 0.830. The van der Waals surface area contributed by atoms with Crippen molar-refractivity contribution in [3.05, 3.63) is 24.3 Å². The number of benzene rings is 1. The molecule has 2 rings (SSSR count). The van der Waals surface area contributed by atoms with Gasteiger partial charge in [0, 0.05) is 6.54 Å². The molecule has 0 aromatic heterocycles. The first-order valence-electron chi connectivity index (χ1n) is 7.70. The fourth-order valence-corrected chi connectivity index (χ4v) is 2.73. The molecule has 1 saturated heterocycles. The molecule has 1 aromatic carbocycles. The smallest absolute Gasteiger partial charge is 0.387 e. The monoisotopic (exact) mass is 342 g/mol. The average Bonchev–Trinajstić information content (AvgIpc) is 2.55. The van der Waals surface area contributed by atoms with Crippen molar-refractivity contribution >= 4 is 17.6 Å². The predicted octanol–water partition coefficient (Wildman–Crippen LogP) is 2.41. The second kappa shape index (κ2) is 8.05. The van der Waals surface area contributed by atoms with Gasteiger partial charge in [-0.3, -0.25) is 14.5 Å². The SMILES string of the molecule is CC(C(=O)Nc1ccccc1OC(F)F)N1CCCC(C(=O)O)C1. The minimum Gasteiger partial charge on any atom is -0.481 e. The van der Waals surface area contributed by atoms with Crippen LogP contribution in [0.4, 0.5) is 14.5 Å². The lowest BCUT2D eigenvalue weighted by Crippen LogP contribution is -2.48. The molecule has 132 valence electrons. The van der Waals surface area contributed by atoms with Gasteiger partial charge in [-0.15, -0.1) is 0 Å². The molecule has 0 aliphatic carbocycles. The molecule has 0 bridgehead atoms. The van der Waals surface area contributed by atoms with E-state index in [0.29, 0.717) is 25.9 Å². The number of piperidine rings is 1. The van der Waals surface area contributed by atoms with E-state index in [2.05, 4.69) is 10.1 Å². The number of para-hydroxylation sites is 2. The van der Waals surface area contributed by atoms with E-state index in [1.54, 1.807) is 17.9 Å². The second-order valence-corrected chi connectivity index (χ2v) is 5.71. The van der Waals surface area contributed by atoms with Crippen molar-refractivity contribution in [1.29, 1.82) is 0 Å². The van der Waals surface area contributed by atoms with Gasteiger partial charge in [0.25, 0.3) is 0 Å². The van der Waals surface area contributed by atoms with Crippen molar-refractivity contribution in [3.63, 3.8) is 0 Å². The number of halogens is 2. The van der Waals surface area contributed by atoms with Crippen LogP contribution >= 0.6 is 0 Å². The first kappa shape index (κ1) is 18.1. The van der Waals surface area contributed by atoms with E-state index in [-0.39, 0.29) is 11.4 Å². The zero-order valence-corrected chi connectivity index (χ0v) is 13.2. The van der Waals surface area contributed by atoms with Gasteiger partial charge in [0.15, 0.2) is 0 Å². The number of hydrogen-bond acceptors (Lipinski definition) is 4. The Morgan fingerprint density at radius 1 is 1.38 bits per heavy atom. The summed E-state index contributed by atoms with van der Waals surface area (Å²) < 4.78 is 29.2. The Morgan fingerprint density at radius 3 is 2.75 bits per heavy atom. The van der Waals surface area contributed by atoms with Gasteiger partial charge in [-0.25, -0.2) is 0 Å². The Bertz CT molecular complexity index is 597. The third-order valence-corrected chi connectivity index (χ3v) is 4.09. The Hall–Kier alpha value is -2.22. The molecule has 0 spiro atoms. The van der Waals surface area contributed by atoms with Crippen molar-refractivity contribution in [3.8, 4) is 5.75 Å². The van der Waals surface area contributed by atoms with Gasteiger partial charge < -0.3 is 15.2 Å². The van der Waals surface area contributed by atoms with E-state index in [9.17, 15) is 18.4 Å². The zero-order valence-electron chi connectivity index (χ0n) is 13.2. The topological polar surface area (TPSA) is 78.9 Å². The minimum absolute atomic E-state index is 0.116. The number of ether oxygens (including phenoxy) is 1. The van der Waals surface area contributed by atoms with Crippen LogP contribution in [0.2, 0.25) is 0 Å². The summed E-state index contributed by atoms with van der Waals surface area (Å²) in [5.41, 5.74) is 0.154.